The standard InChI is InChI=1S/C26H29ClN2O5/c1-17-4-6-18(7-5-17)23-22(24(30)19-8-9-21(33-2)20(27)16-19)25(31)26(32)29(23)11-3-10-28-12-14-34-15-13-28/h4-9,16,23,30H,3,10-15H2,1-2H3/b24-22-. The van der Waals surface area contributed by atoms with Gasteiger partial charge in [0.2, 0.25) is 0 Å². The van der Waals surface area contributed by atoms with Crippen molar-refractivity contribution >= 4 is 29.1 Å². The Hall–Kier alpha value is -2.87. The molecular formula is C26H29ClN2O5. The van der Waals surface area contributed by atoms with Gasteiger partial charge in [-0.2, -0.15) is 0 Å². The second-order valence-electron chi connectivity index (χ2n) is 8.56. The smallest absolute Gasteiger partial charge is 0.295 e. The highest BCUT2D eigenvalue weighted by Crippen LogP contribution is 2.40. The first kappa shape index (κ1) is 24.3. The first-order valence-corrected chi connectivity index (χ1v) is 11.8. The molecule has 0 aliphatic carbocycles. The number of hydrogen-bond acceptors (Lipinski definition) is 6. The molecule has 1 N–H and O–H groups in total. The fourth-order valence-corrected chi connectivity index (χ4v) is 4.72. The van der Waals surface area contributed by atoms with E-state index in [2.05, 4.69) is 4.90 Å². The maximum atomic E-state index is 13.2. The van der Waals surface area contributed by atoms with Gasteiger partial charge in [0.1, 0.15) is 11.5 Å². The van der Waals surface area contributed by atoms with E-state index in [-0.39, 0.29) is 11.3 Å². The van der Waals surface area contributed by atoms with Crippen molar-refractivity contribution in [3.05, 3.63) is 69.8 Å². The number of carbonyl (C=O) groups is 2. The second kappa shape index (κ2) is 10.6. The molecule has 1 atom stereocenters. The summed E-state index contributed by atoms with van der Waals surface area (Å²) in [5, 5.41) is 11.5. The zero-order valence-corrected chi connectivity index (χ0v) is 20.2. The lowest BCUT2D eigenvalue weighted by Crippen LogP contribution is -2.38. The SMILES string of the molecule is COc1ccc(/C(O)=C2/C(=O)C(=O)N(CCCN3CCOCC3)C2c2ccc(C)cc2)cc1Cl. The third-order valence-electron chi connectivity index (χ3n) is 6.34. The molecule has 180 valence electrons. The molecule has 1 unspecified atom stereocenters. The summed E-state index contributed by atoms with van der Waals surface area (Å²) in [6, 6.07) is 11.8. The quantitative estimate of drug-likeness (QED) is 0.366. The number of benzene rings is 2. The fourth-order valence-electron chi connectivity index (χ4n) is 4.46. The highest BCUT2D eigenvalue weighted by atomic mass is 35.5. The van der Waals surface area contributed by atoms with E-state index in [0.717, 1.165) is 30.8 Å². The van der Waals surface area contributed by atoms with Crippen LogP contribution in [0.3, 0.4) is 0 Å². The summed E-state index contributed by atoms with van der Waals surface area (Å²) in [5.74, 6) is -1.09. The van der Waals surface area contributed by atoms with Crippen LogP contribution in [0.15, 0.2) is 48.0 Å². The van der Waals surface area contributed by atoms with Gasteiger partial charge in [-0.25, -0.2) is 0 Å². The van der Waals surface area contributed by atoms with Crippen LogP contribution in [0.2, 0.25) is 5.02 Å². The number of aliphatic hydroxyl groups is 1. The van der Waals surface area contributed by atoms with E-state index in [9.17, 15) is 14.7 Å². The number of Topliss-reactive ketones (excluding diaryl/α,β-unsaturated/α-hetero) is 1. The number of carbonyl (C=O) groups excluding carboxylic acids is 2. The minimum absolute atomic E-state index is 0.0708. The van der Waals surface area contributed by atoms with Gasteiger partial charge < -0.3 is 19.5 Å². The number of amides is 1. The first-order valence-electron chi connectivity index (χ1n) is 11.4. The lowest BCUT2D eigenvalue weighted by atomic mass is 9.94. The predicted molar refractivity (Wildman–Crippen MR) is 130 cm³/mol. The number of nitrogens with zero attached hydrogens (tertiary/aromatic N) is 2. The molecule has 0 aromatic heterocycles. The zero-order chi connectivity index (χ0) is 24.2. The van der Waals surface area contributed by atoms with Gasteiger partial charge in [-0.3, -0.25) is 14.5 Å². The Morgan fingerprint density at radius 1 is 1.12 bits per heavy atom. The minimum atomic E-state index is -0.693. The minimum Gasteiger partial charge on any atom is -0.507 e. The van der Waals surface area contributed by atoms with Gasteiger partial charge in [0.05, 0.1) is 37.0 Å². The van der Waals surface area contributed by atoms with Crippen molar-refractivity contribution in [2.45, 2.75) is 19.4 Å². The Bertz CT molecular complexity index is 1090. The molecule has 0 radical (unpaired) electrons. The molecule has 2 heterocycles. The van der Waals surface area contributed by atoms with E-state index in [1.54, 1.807) is 17.0 Å². The van der Waals surface area contributed by atoms with E-state index in [0.29, 0.717) is 42.5 Å². The summed E-state index contributed by atoms with van der Waals surface area (Å²) in [6.07, 6.45) is 0.712. The molecule has 8 heteroatoms. The maximum Gasteiger partial charge on any atom is 0.295 e. The van der Waals surface area contributed by atoms with Crippen molar-refractivity contribution in [1.29, 1.82) is 0 Å². The lowest BCUT2D eigenvalue weighted by Gasteiger charge is -2.29. The van der Waals surface area contributed by atoms with Gasteiger partial charge in [-0.05, 0) is 37.1 Å². The Morgan fingerprint density at radius 3 is 2.47 bits per heavy atom. The van der Waals surface area contributed by atoms with Crippen LogP contribution in [0.1, 0.15) is 29.2 Å². The van der Waals surface area contributed by atoms with Gasteiger partial charge in [0.15, 0.2) is 0 Å². The number of halogens is 1. The van der Waals surface area contributed by atoms with Crippen molar-refractivity contribution in [1.82, 2.24) is 9.80 Å². The van der Waals surface area contributed by atoms with Gasteiger partial charge >= 0.3 is 0 Å². The van der Waals surface area contributed by atoms with Crippen molar-refractivity contribution in [3.63, 3.8) is 0 Å². The van der Waals surface area contributed by atoms with Crippen molar-refractivity contribution in [2.75, 3.05) is 46.5 Å². The third kappa shape index (κ3) is 4.97. The zero-order valence-electron chi connectivity index (χ0n) is 19.4. The number of ketones is 1. The Labute approximate surface area is 204 Å². The van der Waals surface area contributed by atoms with Crippen LogP contribution in [-0.2, 0) is 14.3 Å². The van der Waals surface area contributed by atoms with Crippen LogP contribution in [-0.4, -0.2) is 73.1 Å². The first-order chi connectivity index (χ1) is 16.4. The second-order valence-corrected chi connectivity index (χ2v) is 8.97. The van der Waals surface area contributed by atoms with E-state index in [4.69, 9.17) is 21.1 Å². The lowest BCUT2D eigenvalue weighted by molar-refractivity contribution is -0.140. The third-order valence-corrected chi connectivity index (χ3v) is 6.63. The average molecular weight is 485 g/mol. The Kier molecular flexibility index (Phi) is 7.56. The maximum absolute atomic E-state index is 13.2. The molecule has 2 aromatic rings. The largest absolute Gasteiger partial charge is 0.507 e. The molecule has 2 aromatic carbocycles. The number of methoxy groups -OCH3 is 1. The van der Waals surface area contributed by atoms with Crippen LogP contribution in [0.4, 0.5) is 0 Å². The summed E-state index contributed by atoms with van der Waals surface area (Å²) in [4.78, 5) is 30.1. The van der Waals surface area contributed by atoms with E-state index >= 15 is 0 Å². The number of aryl methyl sites for hydroxylation is 1. The van der Waals surface area contributed by atoms with Crippen LogP contribution in [0, 0.1) is 6.92 Å². The molecule has 2 aliphatic heterocycles. The van der Waals surface area contributed by atoms with Crippen molar-refractivity contribution < 1.29 is 24.2 Å². The van der Waals surface area contributed by atoms with Crippen LogP contribution in [0.5, 0.6) is 5.75 Å². The van der Waals surface area contributed by atoms with Crippen LogP contribution < -0.4 is 4.74 Å². The average Bonchev–Trinajstić information content (AvgIpc) is 3.09. The normalized spacial score (nSPS) is 20.7. The van der Waals surface area contributed by atoms with E-state index in [1.807, 2.05) is 31.2 Å². The monoisotopic (exact) mass is 484 g/mol. The molecule has 0 spiro atoms. The molecule has 4 rings (SSSR count). The number of aliphatic hydroxyl groups excluding tert-OH is 1. The molecule has 0 saturated carbocycles. The van der Waals surface area contributed by atoms with Crippen molar-refractivity contribution in [2.24, 2.45) is 0 Å². The van der Waals surface area contributed by atoms with E-state index in [1.165, 1.54) is 13.2 Å². The van der Waals surface area contributed by atoms with Crippen LogP contribution >= 0.6 is 11.6 Å². The van der Waals surface area contributed by atoms with Crippen molar-refractivity contribution in [3.8, 4) is 5.75 Å². The summed E-state index contributed by atoms with van der Waals surface area (Å²) >= 11 is 6.25. The summed E-state index contributed by atoms with van der Waals surface area (Å²) < 4.78 is 10.6. The predicted octanol–water partition coefficient (Wildman–Crippen LogP) is 3.80. The van der Waals surface area contributed by atoms with Gasteiger partial charge in [0.25, 0.3) is 11.7 Å². The van der Waals surface area contributed by atoms with E-state index < -0.39 is 17.7 Å². The number of likely N-dealkylation sites (tertiary alicyclic amines) is 1. The highest BCUT2D eigenvalue weighted by Gasteiger charge is 2.45. The van der Waals surface area contributed by atoms with Gasteiger partial charge in [0, 0.05) is 31.7 Å². The summed E-state index contributed by atoms with van der Waals surface area (Å²) in [7, 11) is 1.50. The van der Waals surface area contributed by atoms with Crippen LogP contribution in [0.25, 0.3) is 5.76 Å². The molecule has 7 nitrogen and oxygen atoms in total. The molecule has 2 fully saturated rings. The number of hydrogen-bond donors (Lipinski definition) is 1. The number of rotatable bonds is 7. The summed E-state index contributed by atoms with van der Waals surface area (Å²) in [6.45, 7) is 6.32. The molecule has 2 aliphatic rings. The Morgan fingerprint density at radius 2 is 1.82 bits per heavy atom. The summed E-state index contributed by atoms with van der Waals surface area (Å²) in [5.41, 5.74) is 2.27. The molecule has 1 amide bonds. The number of ether oxygens (including phenoxy) is 2. The highest BCUT2D eigenvalue weighted by molar-refractivity contribution is 6.46. The number of morpholine rings is 1. The molecular weight excluding hydrogens is 456 g/mol. The molecule has 2 saturated heterocycles. The van der Waals surface area contributed by atoms with Gasteiger partial charge in [-0.15, -0.1) is 0 Å². The molecule has 34 heavy (non-hydrogen) atoms. The van der Waals surface area contributed by atoms with Gasteiger partial charge in [-0.1, -0.05) is 41.4 Å². The fraction of sp³-hybridized carbons (Fsp3) is 0.385. The molecule has 0 bridgehead atoms. The Balaban J connectivity index is 1.68. The topological polar surface area (TPSA) is 79.3 Å².